The van der Waals surface area contributed by atoms with Crippen molar-refractivity contribution in [2.45, 2.75) is 90.9 Å². The molecule has 0 fully saturated rings. The van der Waals surface area contributed by atoms with E-state index >= 15 is 0 Å². The fraction of sp³-hybridized carbons (Fsp3) is 1.00. The van der Waals surface area contributed by atoms with Crippen LogP contribution in [0, 0.1) is 0 Å². The topological polar surface area (TPSA) is 0 Å². The zero-order chi connectivity index (χ0) is 10.5. The molecule has 0 aliphatic heterocycles. The van der Waals surface area contributed by atoms with Crippen molar-refractivity contribution in [1.29, 1.82) is 0 Å². The van der Waals surface area contributed by atoms with Crippen molar-refractivity contribution < 1.29 is 0 Å². The third kappa shape index (κ3) is 17.5. The van der Waals surface area contributed by atoms with Gasteiger partial charge in [0, 0.05) is 0 Å². The van der Waals surface area contributed by atoms with Crippen molar-refractivity contribution >= 4 is 27.3 Å². The Labute approximate surface area is 118 Å². The van der Waals surface area contributed by atoms with Crippen molar-refractivity contribution in [2.24, 2.45) is 0 Å². The van der Waals surface area contributed by atoms with Crippen molar-refractivity contribution in [3.63, 3.8) is 0 Å². The van der Waals surface area contributed by atoms with Gasteiger partial charge in [0.2, 0.25) is 0 Å². The van der Waals surface area contributed by atoms with Gasteiger partial charge in [-0.3, -0.25) is 0 Å². The summed E-state index contributed by atoms with van der Waals surface area (Å²) in [5.41, 5.74) is 0. The average molecular weight is 408 g/mol. The van der Waals surface area contributed by atoms with Crippen LogP contribution in [0.1, 0.15) is 90.9 Å². The van der Waals surface area contributed by atoms with Gasteiger partial charge in [-0.25, -0.2) is 0 Å². The molecule has 2 radical (unpaired) electrons. The molecule has 0 saturated carbocycles. The molecule has 0 aliphatic carbocycles. The van der Waals surface area contributed by atoms with Crippen molar-refractivity contribution in [3.05, 3.63) is 0 Å². The Morgan fingerprint density at radius 3 is 0.800 bits per heavy atom. The molecule has 0 aromatic rings. The summed E-state index contributed by atoms with van der Waals surface area (Å²) in [6.45, 7) is 4.57. The molecule has 0 unspecified atom stereocenters. The number of rotatable bonds is 11. The van der Waals surface area contributed by atoms with Crippen LogP contribution in [0.4, 0.5) is 0 Å². The van der Waals surface area contributed by atoms with E-state index in [0.29, 0.717) is 0 Å². The monoisotopic (exact) mass is 408 g/mol. The second-order valence-electron chi connectivity index (χ2n) is 4.54. The molecule has 0 spiro atoms. The summed E-state index contributed by atoms with van der Waals surface area (Å²) in [5.74, 6) is 0. The molecule has 0 aliphatic rings. The van der Waals surface area contributed by atoms with Gasteiger partial charge in [-0.2, -0.15) is 0 Å². The van der Waals surface area contributed by atoms with Crippen LogP contribution in [0.25, 0.3) is 0 Å². The molecule has 0 aromatic carbocycles. The summed E-state index contributed by atoms with van der Waals surface area (Å²) in [4.78, 5) is 0. The number of hydrogen-bond acceptors (Lipinski definition) is 0. The van der Waals surface area contributed by atoms with Gasteiger partial charge in [0.1, 0.15) is 0 Å². The van der Waals surface area contributed by atoms with Crippen LogP contribution in [0.3, 0.4) is 0 Å². The molecule has 0 saturated heterocycles. The van der Waals surface area contributed by atoms with E-state index in [1.807, 2.05) is 0 Å². The van der Waals surface area contributed by atoms with E-state index in [1.165, 1.54) is 77.0 Å². The molecule has 0 amide bonds. The molecule has 92 valence electrons. The minimum atomic E-state index is 0. The van der Waals surface area contributed by atoms with Crippen LogP contribution in [0.15, 0.2) is 0 Å². The van der Waals surface area contributed by atoms with E-state index < -0.39 is 0 Å². The predicted octanol–water partition coefficient (Wildman–Crippen LogP) is 4.79. The molecule has 1 heteroatoms. The van der Waals surface area contributed by atoms with Crippen LogP contribution in [0.2, 0.25) is 0 Å². The quantitative estimate of drug-likeness (QED) is 0.341. The number of hydrogen-bond donors (Lipinski definition) is 0. The Bertz CT molecular complexity index is 79.3. The first-order chi connectivity index (χ1) is 6.91. The van der Waals surface area contributed by atoms with Gasteiger partial charge in [-0.1, -0.05) is 90.9 Å². The molecular formula is C14H32Pb. The van der Waals surface area contributed by atoms with E-state index in [2.05, 4.69) is 13.8 Å². The number of unbranched alkanes of at least 4 members (excludes halogenated alkanes) is 11. The Morgan fingerprint density at radius 1 is 0.400 bits per heavy atom. The minimum absolute atomic E-state index is 0. The van der Waals surface area contributed by atoms with E-state index in [-0.39, 0.29) is 27.3 Å². The zero-order valence-electron chi connectivity index (χ0n) is 11.2. The maximum absolute atomic E-state index is 2.29. The Morgan fingerprint density at radius 2 is 0.600 bits per heavy atom. The molecule has 0 N–H and O–H groups in total. The summed E-state index contributed by atoms with van der Waals surface area (Å²) < 4.78 is 0. The van der Waals surface area contributed by atoms with Gasteiger partial charge in [-0.05, 0) is 0 Å². The van der Waals surface area contributed by atoms with Gasteiger partial charge < -0.3 is 0 Å². The fourth-order valence-corrected chi connectivity index (χ4v) is 1.91. The van der Waals surface area contributed by atoms with Crippen LogP contribution >= 0.6 is 0 Å². The first-order valence-electron chi connectivity index (χ1n) is 6.91. The van der Waals surface area contributed by atoms with Gasteiger partial charge in [0.25, 0.3) is 0 Å². The van der Waals surface area contributed by atoms with E-state index in [9.17, 15) is 0 Å². The summed E-state index contributed by atoms with van der Waals surface area (Å²) in [5, 5.41) is 0. The second-order valence-corrected chi connectivity index (χ2v) is 4.54. The Hall–Kier alpha value is 0.922. The van der Waals surface area contributed by atoms with E-state index in [1.54, 1.807) is 0 Å². The molecule has 0 atom stereocenters. The first-order valence-corrected chi connectivity index (χ1v) is 6.91. The van der Waals surface area contributed by atoms with Crippen molar-refractivity contribution in [3.8, 4) is 0 Å². The standard InChI is InChI=1S/C14H30.Pb.2H/c1-3-5-7-9-11-13-14-12-10-8-6-4-2;;;/h3-14H2,1-2H3;;;. The van der Waals surface area contributed by atoms with Gasteiger partial charge in [-0.15, -0.1) is 0 Å². The Kier molecular flexibility index (Phi) is 21.1. The molecular weight excluding hydrogens is 375 g/mol. The molecule has 0 aromatic heterocycles. The second kappa shape index (κ2) is 17.3. The van der Waals surface area contributed by atoms with Gasteiger partial charge >= 0.3 is 27.3 Å². The fourth-order valence-electron chi connectivity index (χ4n) is 1.91. The maximum atomic E-state index is 2.29. The first kappa shape index (κ1) is 18.3. The Balaban J connectivity index is 0. The van der Waals surface area contributed by atoms with E-state index in [0.717, 1.165) is 0 Å². The SMILES string of the molecule is CCCCCCCCCCCCCC.[PbH2]. The molecule has 0 nitrogen and oxygen atoms in total. The van der Waals surface area contributed by atoms with Gasteiger partial charge in [0.05, 0.1) is 0 Å². The van der Waals surface area contributed by atoms with Crippen LogP contribution in [0.5, 0.6) is 0 Å². The summed E-state index contributed by atoms with van der Waals surface area (Å²) >= 11 is 0. The predicted molar refractivity (Wildman–Crippen MR) is 75.3 cm³/mol. The van der Waals surface area contributed by atoms with E-state index in [4.69, 9.17) is 0 Å². The van der Waals surface area contributed by atoms with Crippen LogP contribution in [-0.2, 0) is 0 Å². The zero-order valence-corrected chi connectivity index (χ0v) is 16.7. The summed E-state index contributed by atoms with van der Waals surface area (Å²) in [6.07, 6.45) is 17.4. The summed E-state index contributed by atoms with van der Waals surface area (Å²) in [6, 6.07) is 0. The normalized spacial score (nSPS) is 10.0. The van der Waals surface area contributed by atoms with Gasteiger partial charge in [0.15, 0.2) is 0 Å². The van der Waals surface area contributed by atoms with Crippen LogP contribution < -0.4 is 0 Å². The molecule has 0 heterocycles. The third-order valence-electron chi connectivity index (χ3n) is 2.96. The molecule has 15 heavy (non-hydrogen) atoms. The van der Waals surface area contributed by atoms with Crippen molar-refractivity contribution in [2.75, 3.05) is 0 Å². The van der Waals surface area contributed by atoms with Crippen molar-refractivity contribution in [1.82, 2.24) is 0 Å². The van der Waals surface area contributed by atoms with Crippen LogP contribution in [-0.4, -0.2) is 27.3 Å². The average Bonchev–Trinajstić information content (AvgIpc) is 2.21. The summed E-state index contributed by atoms with van der Waals surface area (Å²) in [7, 11) is 0. The third-order valence-corrected chi connectivity index (χ3v) is 2.96. The molecule has 0 rings (SSSR count). The molecule has 0 bridgehead atoms.